The van der Waals surface area contributed by atoms with Gasteiger partial charge in [-0.15, -0.1) is 0 Å². The molecule has 3 aromatic rings. The number of amides is 1. The SMILES string of the molecule is CCC(NC(=O)OC(C)(C)C)c1nc2cccc(F)c2c(=O)n1-c1ccccc1. The fourth-order valence-electron chi connectivity index (χ4n) is 3.07. The molecule has 6 nitrogen and oxygen atoms in total. The molecule has 2 aromatic carbocycles. The molecular weight excluding hydrogens is 373 g/mol. The van der Waals surface area contributed by atoms with Gasteiger partial charge in [-0.3, -0.25) is 9.36 Å². The summed E-state index contributed by atoms with van der Waals surface area (Å²) in [6.45, 7) is 7.17. The highest BCUT2D eigenvalue weighted by atomic mass is 19.1. The van der Waals surface area contributed by atoms with Crippen LogP contribution in [-0.4, -0.2) is 21.2 Å². The Bertz CT molecular complexity index is 1090. The van der Waals surface area contributed by atoms with Gasteiger partial charge in [0.15, 0.2) is 0 Å². The van der Waals surface area contributed by atoms with Gasteiger partial charge in [0.1, 0.15) is 22.6 Å². The van der Waals surface area contributed by atoms with Gasteiger partial charge in [-0.1, -0.05) is 31.2 Å². The third-order valence-corrected chi connectivity index (χ3v) is 4.30. The molecule has 152 valence electrons. The van der Waals surface area contributed by atoms with Crippen molar-refractivity contribution >= 4 is 17.0 Å². The molecule has 1 aromatic heterocycles. The molecule has 1 heterocycles. The highest BCUT2D eigenvalue weighted by Crippen LogP contribution is 2.22. The summed E-state index contributed by atoms with van der Waals surface area (Å²) in [5.74, 6) is -0.322. The van der Waals surface area contributed by atoms with Crippen LogP contribution in [0.5, 0.6) is 0 Å². The fourth-order valence-corrected chi connectivity index (χ4v) is 3.07. The average Bonchev–Trinajstić information content (AvgIpc) is 2.65. The molecule has 1 amide bonds. The topological polar surface area (TPSA) is 73.2 Å². The van der Waals surface area contributed by atoms with Gasteiger partial charge in [0.2, 0.25) is 0 Å². The summed E-state index contributed by atoms with van der Waals surface area (Å²) in [5, 5.41) is 2.69. The molecular formula is C22H24FN3O3. The van der Waals surface area contributed by atoms with Crippen molar-refractivity contribution in [1.82, 2.24) is 14.9 Å². The van der Waals surface area contributed by atoms with Crippen LogP contribution < -0.4 is 10.9 Å². The number of benzene rings is 2. The van der Waals surface area contributed by atoms with Crippen LogP contribution in [0.2, 0.25) is 0 Å². The maximum absolute atomic E-state index is 14.4. The molecule has 0 aliphatic heterocycles. The van der Waals surface area contributed by atoms with Crippen LogP contribution in [0.15, 0.2) is 53.3 Å². The molecule has 1 N–H and O–H groups in total. The van der Waals surface area contributed by atoms with E-state index < -0.39 is 29.1 Å². The van der Waals surface area contributed by atoms with Crippen LogP contribution in [0.25, 0.3) is 16.6 Å². The maximum atomic E-state index is 14.4. The summed E-state index contributed by atoms with van der Waals surface area (Å²) in [5.41, 5.74) is -0.420. The van der Waals surface area contributed by atoms with Crippen LogP contribution in [0.4, 0.5) is 9.18 Å². The zero-order valence-electron chi connectivity index (χ0n) is 16.9. The molecule has 0 fully saturated rings. The maximum Gasteiger partial charge on any atom is 0.408 e. The number of aromatic nitrogens is 2. The lowest BCUT2D eigenvalue weighted by atomic mass is 10.1. The number of para-hydroxylation sites is 1. The minimum Gasteiger partial charge on any atom is -0.444 e. The molecule has 1 unspecified atom stereocenters. The fraction of sp³-hybridized carbons (Fsp3) is 0.318. The molecule has 1 atom stereocenters. The van der Waals surface area contributed by atoms with E-state index in [-0.39, 0.29) is 10.9 Å². The van der Waals surface area contributed by atoms with Crippen LogP contribution in [0.1, 0.15) is 46.0 Å². The Kier molecular flexibility index (Phi) is 5.68. The average molecular weight is 397 g/mol. The Morgan fingerprint density at radius 2 is 1.86 bits per heavy atom. The van der Waals surface area contributed by atoms with Crippen LogP contribution >= 0.6 is 0 Å². The third kappa shape index (κ3) is 4.45. The number of fused-ring (bicyclic) bond motifs is 1. The lowest BCUT2D eigenvalue weighted by Crippen LogP contribution is -2.37. The van der Waals surface area contributed by atoms with Crippen LogP contribution in [0, 0.1) is 5.82 Å². The number of nitrogens with one attached hydrogen (secondary N) is 1. The standard InChI is InChI=1S/C22H24FN3O3/c1-5-16(25-21(28)29-22(2,3)4)19-24-17-13-9-12-15(23)18(17)20(27)26(19)14-10-7-6-8-11-14/h6-13,16H,5H2,1-4H3,(H,25,28). The van der Waals surface area contributed by atoms with E-state index in [1.165, 1.54) is 16.7 Å². The summed E-state index contributed by atoms with van der Waals surface area (Å²) < 4.78 is 21.1. The van der Waals surface area contributed by atoms with Crippen molar-refractivity contribution in [1.29, 1.82) is 0 Å². The summed E-state index contributed by atoms with van der Waals surface area (Å²) in [4.78, 5) is 30.1. The number of hydrogen-bond acceptors (Lipinski definition) is 4. The normalized spacial score (nSPS) is 12.6. The molecule has 7 heteroatoms. The van der Waals surface area contributed by atoms with E-state index in [0.29, 0.717) is 17.9 Å². The Balaban J connectivity index is 2.19. The Hall–Kier alpha value is -3.22. The molecule has 0 bridgehead atoms. The number of carbonyl (C=O) groups excluding carboxylic acids is 1. The number of hydrogen-bond donors (Lipinski definition) is 1. The highest BCUT2D eigenvalue weighted by Gasteiger charge is 2.25. The van der Waals surface area contributed by atoms with E-state index in [1.54, 1.807) is 51.1 Å². The molecule has 0 aliphatic carbocycles. The van der Waals surface area contributed by atoms with Gasteiger partial charge in [-0.2, -0.15) is 0 Å². The monoisotopic (exact) mass is 397 g/mol. The minimum absolute atomic E-state index is 0.0905. The lowest BCUT2D eigenvalue weighted by Gasteiger charge is -2.24. The van der Waals surface area contributed by atoms with Crippen LogP contribution in [0.3, 0.4) is 0 Å². The zero-order valence-corrected chi connectivity index (χ0v) is 16.9. The van der Waals surface area contributed by atoms with Crippen molar-refractivity contribution in [3.05, 3.63) is 70.5 Å². The molecule has 0 spiro atoms. The molecule has 0 radical (unpaired) electrons. The highest BCUT2D eigenvalue weighted by molar-refractivity contribution is 5.79. The van der Waals surface area contributed by atoms with Gasteiger partial charge in [0, 0.05) is 0 Å². The smallest absolute Gasteiger partial charge is 0.408 e. The summed E-state index contributed by atoms with van der Waals surface area (Å²) >= 11 is 0. The number of ether oxygens (including phenoxy) is 1. The van der Waals surface area contributed by atoms with Gasteiger partial charge in [-0.25, -0.2) is 14.2 Å². The number of carbonyl (C=O) groups is 1. The van der Waals surface area contributed by atoms with Crippen molar-refractivity contribution in [3.8, 4) is 5.69 Å². The summed E-state index contributed by atoms with van der Waals surface area (Å²) in [7, 11) is 0. The predicted molar refractivity (Wildman–Crippen MR) is 110 cm³/mol. The predicted octanol–water partition coefficient (Wildman–Crippen LogP) is 4.50. The molecule has 0 saturated heterocycles. The van der Waals surface area contributed by atoms with Crippen LogP contribution in [-0.2, 0) is 4.74 Å². The first-order chi connectivity index (χ1) is 13.7. The van der Waals surface area contributed by atoms with Gasteiger partial charge in [-0.05, 0) is 51.5 Å². The zero-order chi connectivity index (χ0) is 21.2. The molecule has 0 saturated carbocycles. The van der Waals surface area contributed by atoms with Crippen molar-refractivity contribution in [2.75, 3.05) is 0 Å². The lowest BCUT2D eigenvalue weighted by molar-refractivity contribution is 0.0499. The van der Waals surface area contributed by atoms with E-state index in [1.807, 2.05) is 13.0 Å². The van der Waals surface area contributed by atoms with Gasteiger partial charge in [0.25, 0.3) is 5.56 Å². The van der Waals surface area contributed by atoms with Crippen molar-refractivity contribution < 1.29 is 13.9 Å². The second kappa shape index (κ2) is 8.03. The van der Waals surface area contributed by atoms with E-state index in [4.69, 9.17) is 4.74 Å². The second-order valence-corrected chi connectivity index (χ2v) is 7.69. The van der Waals surface area contributed by atoms with Crippen molar-refractivity contribution in [3.63, 3.8) is 0 Å². The van der Waals surface area contributed by atoms with E-state index in [9.17, 15) is 14.0 Å². The number of nitrogens with zero attached hydrogens (tertiary/aromatic N) is 2. The van der Waals surface area contributed by atoms with Crippen molar-refractivity contribution in [2.24, 2.45) is 0 Å². The Morgan fingerprint density at radius 3 is 2.48 bits per heavy atom. The first kappa shape index (κ1) is 20.5. The first-order valence-corrected chi connectivity index (χ1v) is 9.47. The molecule has 29 heavy (non-hydrogen) atoms. The first-order valence-electron chi connectivity index (χ1n) is 9.47. The number of alkyl carbamates (subject to hydrolysis) is 1. The summed E-state index contributed by atoms with van der Waals surface area (Å²) in [6, 6.07) is 12.6. The quantitative estimate of drug-likeness (QED) is 0.703. The third-order valence-electron chi connectivity index (χ3n) is 4.30. The van der Waals surface area contributed by atoms with Crippen molar-refractivity contribution in [2.45, 2.75) is 45.8 Å². The van der Waals surface area contributed by atoms with E-state index in [0.717, 1.165) is 0 Å². The number of rotatable bonds is 4. The van der Waals surface area contributed by atoms with E-state index in [2.05, 4.69) is 10.3 Å². The van der Waals surface area contributed by atoms with Gasteiger partial charge >= 0.3 is 6.09 Å². The number of halogens is 1. The summed E-state index contributed by atoms with van der Waals surface area (Å²) in [6.07, 6.45) is -0.156. The Labute approximate surface area is 168 Å². The van der Waals surface area contributed by atoms with Gasteiger partial charge in [0.05, 0.1) is 17.2 Å². The van der Waals surface area contributed by atoms with E-state index >= 15 is 0 Å². The second-order valence-electron chi connectivity index (χ2n) is 7.69. The van der Waals surface area contributed by atoms with Gasteiger partial charge < -0.3 is 10.1 Å². The molecule has 3 rings (SSSR count). The molecule has 0 aliphatic rings. The minimum atomic E-state index is -0.665. The largest absolute Gasteiger partial charge is 0.444 e. The Morgan fingerprint density at radius 1 is 1.17 bits per heavy atom.